The molecule has 1 N–H and O–H groups in total. The van der Waals surface area contributed by atoms with Crippen LogP contribution in [0.2, 0.25) is 0 Å². The van der Waals surface area contributed by atoms with Crippen molar-refractivity contribution in [2.24, 2.45) is 0 Å². The van der Waals surface area contributed by atoms with E-state index in [2.05, 4.69) is 54.9 Å². The molecule has 1 aromatic heterocycles. The Morgan fingerprint density at radius 2 is 2.11 bits per heavy atom. The smallest absolute Gasteiger partial charge is 0.125 e. The van der Waals surface area contributed by atoms with Gasteiger partial charge in [-0.05, 0) is 61.9 Å². The van der Waals surface area contributed by atoms with Crippen molar-refractivity contribution in [1.82, 2.24) is 4.98 Å². The highest BCUT2D eigenvalue weighted by atomic mass is 16.5. The average molecular weight is 361 g/mol. The van der Waals surface area contributed by atoms with Gasteiger partial charge in [0.1, 0.15) is 12.4 Å². The van der Waals surface area contributed by atoms with E-state index in [0.717, 1.165) is 17.7 Å². The first-order chi connectivity index (χ1) is 13.2. The van der Waals surface area contributed by atoms with Gasteiger partial charge in [0, 0.05) is 28.1 Å². The van der Waals surface area contributed by atoms with E-state index in [-0.39, 0.29) is 0 Å². The summed E-state index contributed by atoms with van der Waals surface area (Å²) in [6.07, 6.45) is 6.14. The molecule has 0 saturated heterocycles. The molecule has 1 atom stereocenters. The van der Waals surface area contributed by atoms with Crippen LogP contribution in [-0.4, -0.2) is 12.1 Å². The summed E-state index contributed by atoms with van der Waals surface area (Å²) in [5.41, 5.74) is 7.90. The molecular formula is C24H27NO2. The summed E-state index contributed by atoms with van der Waals surface area (Å²) in [6, 6.07) is 13.2. The minimum Gasteiger partial charge on any atom is -0.497 e. The van der Waals surface area contributed by atoms with Crippen molar-refractivity contribution in [2.45, 2.75) is 45.1 Å². The van der Waals surface area contributed by atoms with Crippen molar-refractivity contribution in [3.8, 4) is 5.75 Å². The molecule has 0 spiro atoms. The minimum atomic E-state index is 0.488. The molecule has 2 aromatic carbocycles. The molecule has 0 aliphatic heterocycles. The number of H-pyrrole nitrogens is 1. The Balaban J connectivity index is 1.63. The molecule has 1 heterocycles. The first kappa shape index (κ1) is 17.7. The average Bonchev–Trinajstić information content (AvgIpc) is 3.06. The second kappa shape index (κ2) is 7.51. The molecule has 1 aliphatic carbocycles. The van der Waals surface area contributed by atoms with Gasteiger partial charge in [0.25, 0.3) is 0 Å². The molecule has 1 unspecified atom stereocenters. The predicted molar refractivity (Wildman–Crippen MR) is 110 cm³/mol. The van der Waals surface area contributed by atoms with Gasteiger partial charge < -0.3 is 14.5 Å². The van der Waals surface area contributed by atoms with Gasteiger partial charge in [0.15, 0.2) is 0 Å². The quantitative estimate of drug-likeness (QED) is 0.562. The summed E-state index contributed by atoms with van der Waals surface area (Å²) >= 11 is 0. The van der Waals surface area contributed by atoms with Crippen LogP contribution in [0.25, 0.3) is 10.9 Å². The fourth-order valence-corrected chi connectivity index (χ4v) is 4.34. The lowest BCUT2D eigenvalue weighted by molar-refractivity contribution is 0.232. The zero-order valence-corrected chi connectivity index (χ0v) is 16.2. The molecule has 3 aromatic rings. The standard InChI is InChI=1S/C24H27NO2/c1-4-27-15-19-10-9-17(14-23(19)26-3)13-18-6-5-7-20-21-12-16(2)8-11-22(21)25-24(18)20/h4,8-12,14,18,25H,1,5-7,13,15H2,2-3H3. The first-order valence-electron chi connectivity index (χ1n) is 9.69. The Bertz CT molecular complexity index is 970. The summed E-state index contributed by atoms with van der Waals surface area (Å²) in [5.74, 6) is 1.42. The zero-order valence-electron chi connectivity index (χ0n) is 16.2. The molecule has 0 fully saturated rings. The van der Waals surface area contributed by atoms with Gasteiger partial charge >= 0.3 is 0 Å². The second-order valence-corrected chi connectivity index (χ2v) is 7.48. The zero-order chi connectivity index (χ0) is 18.8. The number of aryl methyl sites for hydroxylation is 2. The van der Waals surface area contributed by atoms with Crippen LogP contribution in [0.15, 0.2) is 49.2 Å². The Hall–Kier alpha value is -2.68. The van der Waals surface area contributed by atoms with Crippen LogP contribution in [0.5, 0.6) is 5.75 Å². The maximum atomic E-state index is 5.58. The summed E-state index contributed by atoms with van der Waals surface area (Å²) in [7, 11) is 1.72. The maximum absolute atomic E-state index is 5.58. The SMILES string of the molecule is C=COCc1ccc(CC2CCCc3c2[nH]c2ccc(C)cc32)cc1OC. The Labute approximate surface area is 161 Å². The molecule has 140 valence electrons. The van der Waals surface area contributed by atoms with E-state index >= 15 is 0 Å². The molecular weight excluding hydrogens is 334 g/mol. The van der Waals surface area contributed by atoms with Crippen LogP contribution in [0.3, 0.4) is 0 Å². The van der Waals surface area contributed by atoms with E-state index in [1.54, 1.807) is 7.11 Å². The fourth-order valence-electron chi connectivity index (χ4n) is 4.34. The van der Waals surface area contributed by atoms with E-state index in [9.17, 15) is 0 Å². The third-order valence-corrected chi connectivity index (χ3v) is 5.67. The van der Waals surface area contributed by atoms with Gasteiger partial charge in [-0.2, -0.15) is 0 Å². The summed E-state index contributed by atoms with van der Waals surface area (Å²) in [4.78, 5) is 3.72. The lowest BCUT2D eigenvalue weighted by Gasteiger charge is -2.23. The molecule has 0 amide bonds. The van der Waals surface area contributed by atoms with E-state index in [1.165, 1.54) is 58.8 Å². The topological polar surface area (TPSA) is 34.2 Å². The highest BCUT2D eigenvalue weighted by molar-refractivity contribution is 5.85. The van der Waals surface area contributed by atoms with Crippen LogP contribution >= 0.6 is 0 Å². The van der Waals surface area contributed by atoms with Gasteiger partial charge in [0.05, 0.1) is 13.4 Å². The van der Waals surface area contributed by atoms with Gasteiger partial charge in [-0.15, -0.1) is 0 Å². The number of rotatable bonds is 6. The van der Waals surface area contributed by atoms with Crippen LogP contribution in [0.4, 0.5) is 0 Å². The molecule has 0 saturated carbocycles. The van der Waals surface area contributed by atoms with Crippen molar-refractivity contribution in [3.05, 3.63) is 77.2 Å². The number of aromatic nitrogens is 1. The number of fused-ring (bicyclic) bond motifs is 3. The Morgan fingerprint density at radius 3 is 2.93 bits per heavy atom. The summed E-state index contributed by atoms with van der Waals surface area (Å²) < 4.78 is 10.9. The van der Waals surface area contributed by atoms with Gasteiger partial charge in [0.2, 0.25) is 0 Å². The number of nitrogens with one attached hydrogen (secondary N) is 1. The van der Waals surface area contributed by atoms with Crippen molar-refractivity contribution in [3.63, 3.8) is 0 Å². The monoisotopic (exact) mass is 361 g/mol. The van der Waals surface area contributed by atoms with Gasteiger partial charge in [-0.3, -0.25) is 0 Å². The lowest BCUT2D eigenvalue weighted by Crippen LogP contribution is -2.12. The van der Waals surface area contributed by atoms with E-state index in [4.69, 9.17) is 9.47 Å². The fraction of sp³-hybridized carbons (Fsp3) is 0.333. The number of ether oxygens (including phenoxy) is 2. The van der Waals surface area contributed by atoms with Crippen LogP contribution in [-0.2, 0) is 24.2 Å². The third kappa shape index (κ3) is 3.46. The number of hydrogen-bond donors (Lipinski definition) is 1. The largest absolute Gasteiger partial charge is 0.497 e. The summed E-state index contributed by atoms with van der Waals surface area (Å²) in [6.45, 7) is 6.26. The lowest BCUT2D eigenvalue weighted by atomic mass is 9.83. The van der Waals surface area contributed by atoms with Crippen LogP contribution in [0, 0.1) is 6.92 Å². The second-order valence-electron chi connectivity index (χ2n) is 7.48. The molecule has 4 rings (SSSR count). The molecule has 3 heteroatoms. The summed E-state index contributed by atoms with van der Waals surface area (Å²) in [5, 5.41) is 1.41. The number of methoxy groups -OCH3 is 1. The van der Waals surface area contributed by atoms with E-state index in [0.29, 0.717) is 12.5 Å². The van der Waals surface area contributed by atoms with Crippen molar-refractivity contribution >= 4 is 10.9 Å². The predicted octanol–water partition coefficient (Wildman–Crippen LogP) is 5.81. The number of hydrogen-bond acceptors (Lipinski definition) is 2. The van der Waals surface area contributed by atoms with Crippen LogP contribution in [0.1, 0.15) is 46.7 Å². The third-order valence-electron chi connectivity index (χ3n) is 5.67. The van der Waals surface area contributed by atoms with Crippen molar-refractivity contribution in [1.29, 1.82) is 0 Å². The van der Waals surface area contributed by atoms with Gasteiger partial charge in [-0.1, -0.05) is 30.3 Å². The van der Waals surface area contributed by atoms with E-state index in [1.807, 2.05) is 0 Å². The molecule has 1 aliphatic rings. The maximum Gasteiger partial charge on any atom is 0.125 e. The van der Waals surface area contributed by atoms with Crippen LogP contribution < -0.4 is 4.74 Å². The molecule has 0 bridgehead atoms. The molecule has 3 nitrogen and oxygen atoms in total. The Kier molecular flexibility index (Phi) is 4.93. The normalized spacial score (nSPS) is 16.1. The van der Waals surface area contributed by atoms with Crippen molar-refractivity contribution in [2.75, 3.05) is 7.11 Å². The van der Waals surface area contributed by atoms with E-state index < -0.39 is 0 Å². The first-order valence-corrected chi connectivity index (χ1v) is 9.69. The molecule has 0 radical (unpaired) electrons. The van der Waals surface area contributed by atoms with Gasteiger partial charge in [-0.25, -0.2) is 0 Å². The highest BCUT2D eigenvalue weighted by Gasteiger charge is 2.24. The highest BCUT2D eigenvalue weighted by Crippen LogP contribution is 2.38. The van der Waals surface area contributed by atoms with Crippen molar-refractivity contribution < 1.29 is 9.47 Å². The number of aromatic amines is 1. The number of benzene rings is 2. The minimum absolute atomic E-state index is 0.488. The Morgan fingerprint density at radius 1 is 1.22 bits per heavy atom. The molecule has 27 heavy (non-hydrogen) atoms.